The number of nitriles is 1. The fraction of sp³-hybridized carbons (Fsp3) is 0.273. The molecule has 0 saturated heterocycles. The van der Waals surface area contributed by atoms with Gasteiger partial charge in [0, 0.05) is 0 Å². The second-order valence-corrected chi connectivity index (χ2v) is 7.12. The Balaban J connectivity index is 2.39. The summed E-state index contributed by atoms with van der Waals surface area (Å²) in [6.45, 7) is 5.17. The quantitative estimate of drug-likeness (QED) is 0.374. The average Bonchev–Trinajstić information content (AvgIpc) is 3.08. The van der Waals surface area contributed by atoms with E-state index in [9.17, 15) is 19.6 Å². The molecule has 0 aliphatic rings. The summed E-state index contributed by atoms with van der Waals surface area (Å²) in [7, 11) is 1.54. The highest BCUT2D eigenvalue weighted by molar-refractivity contribution is 7.18. The highest BCUT2D eigenvalue weighted by Crippen LogP contribution is 2.34. The van der Waals surface area contributed by atoms with Crippen molar-refractivity contribution in [1.82, 2.24) is 0 Å². The van der Waals surface area contributed by atoms with Gasteiger partial charge >= 0.3 is 11.9 Å². The fourth-order valence-corrected chi connectivity index (χ4v) is 3.71. The molecule has 0 saturated carbocycles. The minimum atomic E-state index is -0.722. The number of methoxy groups -OCH3 is 1. The van der Waals surface area contributed by atoms with Crippen molar-refractivity contribution in [3.63, 3.8) is 0 Å². The third-order valence-corrected chi connectivity index (χ3v) is 5.29. The van der Waals surface area contributed by atoms with Crippen molar-refractivity contribution >= 4 is 40.3 Å². The summed E-state index contributed by atoms with van der Waals surface area (Å²) in [4.78, 5) is 37.6. The van der Waals surface area contributed by atoms with Crippen LogP contribution < -0.4 is 10.1 Å². The van der Waals surface area contributed by atoms with Crippen LogP contribution >= 0.6 is 11.3 Å². The maximum Gasteiger partial charge on any atom is 0.348 e. The first-order valence-electron chi connectivity index (χ1n) is 9.41. The van der Waals surface area contributed by atoms with Crippen LogP contribution in [0.4, 0.5) is 5.00 Å². The Morgan fingerprint density at radius 1 is 1.10 bits per heavy atom. The number of ether oxygens (including phenoxy) is 3. The zero-order chi connectivity index (χ0) is 23.0. The normalized spacial score (nSPS) is 10.7. The van der Waals surface area contributed by atoms with Crippen LogP contribution in [0.25, 0.3) is 6.08 Å². The molecule has 8 nitrogen and oxygen atoms in total. The van der Waals surface area contributed by atoms with Gasteiger partial charge in [0.15, 0.2) is 0 Å². The smallest absolute Gasteiger partial charge is 0.348 e. The van der Waals surface area contributed by atoms with Gasteiger partial charge in [-0.15, -0.1) is 11.3 Å². The standard InChI is InChI=1S/C22H22N2O6S/c1-5-29-21(26)17-13(3)18(22(27)30-6-2)31-20(17)24-19(25)15(12-23)11-14-7-9-16(28-4)10-8-14/h7-11H,5-6H2,1-4H3,(H,24,25). The Kier molecular flexibility index (Phi) is 8.34. The molecule has 9 heteroatoms. The molecule has 0 aliphatic carbocycles. The maximum atomic E-state index is 12.7. The second kappa shape index (κ2) is 10.9. The number of hydrogen-bond acceptors (Lipinski definition) is 8. The van der Waals surface area contributed by atoms with E-state index in [1.165, 1.54) is 13.2 Å². The van der Waals surface area contributed by atoms with Crippen LogP contribution in [0.1, 0.15) is 45.0 Å². The van der Waals surface area contributed by atoms with Crippen LogP contribution in [-0.2, 0) is 14.3 Å². The zero-order valence-corrected chi connectivity index (χ0v) is 18.4. The van der Waals surface area contributed by atoms with Crippen LogP contribution in [0.2, 0.25) is 0 Å². The van der Waals surface area contributed by atoms with E-state index in [-0.39, 0.29) is 34.2 Å². The van der Waals surface area contributed by atoms with Gasteiger partial charge in [0.25, 0.3) is 5.91 Å². The molecule has 2 aromatic rings. The predicted molar refractivity (Wildman–Crippen MR) is 116 cm³/mol. The molecule has 0 bridgehead atoms. The number of carbonyl (C=O) groups excluding carboxylic acids is 3. The molecule has 0 atom stereocenters. The molecule has 2 rings (SSSR count). The average molecular weight is 442 g/mol. The van der Waals surface area contributed by atoms with Crippen molar-refractivity contribution in [1.29, 1.82) is 5.26 Å². The van der Waals surface area contributed by atoms with Crippen LogP contribution in [0, 0.1) is 18.3 Å². The number of amides is 1. The molecule has 1 amide bonds. The van der Waals surface area contributed by atoms with E-state index >= 15 is 0 Å². The Labute approximate surface area is 184 Å². The lowest BCUT2D eigenvalue weighted by Crippen LogP contribution is -2.16. The number of nitrogens with zero attached hydrogens (tertiary/aromatic N) is 1. The van der Waals surface area contributed by atoms with E-state index in [1.54, 1.807) is 45.0 Å². The van der Waals surface area contributed by atoms with Gasteiger partial charge in [-0.2, -0.15) is 5.26 Å². The van der Waals surface area contributed by atoms with E-state index in [0.717, 1.165) is 11.3 Å². The number of benzene rings is 1. The van der Waals surface area contributed by atoms with Gasteiger partial charge in [0.05, 0.1) is 25.9 Å². The second-order valence-electron chi connectivity index (χ2n) is 6.10. The summed E-state index contributed by atoms with van der Waals surface area (Å²) in [5.74, 6) is -1.37. The summed E-state index contributed by atoms with van der Waals surface area (Å²) in [5, 5.41) is 12.1. The molecule has 0 fully saturated rings. The minimum absolute atomic E-state index is 0.0602. The summed E-state index contributed by atoms with van der Waals surface area (Å²) in [6, 6.07) is 8.64. The topological polar surface area (TPSA) is 115 Å². The van der Waals surface area contributed by atoms with E-state index in [2.05, 4.69) is 5.32 Å². The predicted octanol–water partition coefficient (Wildman–Crippen LogP) is 3.96. The highest BCUT2D eigenvalue weighted by Gasteiger charge is 2.27. The molecule has 1 aromatic heterocycles. The molecule has 0 unspecified atom stereocenters. The maximum absolute atomic E-state index is 12.7. The first kappa shape index (κ1) is 23.6. The van der Waals surface area contributed by atoms with E-state index in [4.69, 9.17) is 14.2 Å². The number of anilines is 1. The van der Waals surface area contributed by atoms with Crippen molar-refractivity contribution in [3.05, 3.63) is 51.4 Å². The lowest BCUT2D eigenvalue weighted by molar-refractivity contribution is -0.112. The molecule has 31 heavy (non-hydrogen) atoms. The number of rotatable bonds is 8. The molecule has 0 radical (unpaired) electrons. The number of nitrogens with one attached hydrogen (secondary N) is 1. The number of thiophene rings is 1. The third kappa shape index (κ3) is 5.71. The molecular weight excluding hydrogens is 420 g/mol. The van der Waals surface area contributed by atoms with Crippen molar-refractivity contribution in [2.75, 3.05) is 25.6 Å². The van der Waals surface area contributed by atoms with Crippen molar-refractivity contribution in [2.45, 2.75) is 20.8 Å². The first-order chi connectivity index (χ1) is 14.9. The Morgan fingerprint density at radius 2 is 1.71 bits per heavy atom. The largest absolute Gasteiger partial charge is 0.497 e. The Morgan fingerprint density at radius 3 is 2.26 bits per heavy atom. The lowest BCUT2D eigenvalue weighted by Gasteiger charge is -2.07. The molecule has 1 aromatic carbocycles. The van der Waals surface area contributed by atoms with E-state index < -0.39 is 17.8 Å². The van der Waals surface area contributed by atoms with Gasteiger partial charge in [-0.05, 0) is 50.1 Å². The molecule has 1 heterocycles. The van der Waals surface area contributed by atoms with Gasteiger partial charge in [0.1, 0.15) is 27.3 Å². The van der Waals surface area contributed by atoms with Crippen molar-refractivity contribution < 1.29 is 28.6 Å². The van der Waals surface area contributed by atoms with Crippen LogP contribution in [0.15, 0.2) is 29.8 Å². The van der Waals surface area contributed by atoms with Gasteiger partial charge in [-0.1, -0.05) is 12.1 Å². The summed E-state index contributed by atoms with van der Waals surface area (Å²) >= 11 is 0.895. The first-order valence-corrected chi connectivity index (χ1v) is 10.2. The minimum Gasteiger partial charge on any atom is -0.497 e. The SMILES string of the molecule is CCOC(=O)c1sc(NC(=O)C(C#N)=Cc2ccc(OC)cc2)c(C(=O)OCC)c1C. The molecule has 0 aliphatic heterocycles. The van der Waals surface area contributed by atoms with Crippen LogP contribution in [-0.4, -0.2) is 38.2 Å². The molecule has 1 N–H and O–H groups in total. The van der Waals surface area contributed by atoms with Gasteiger partial charge in [0.2, 0.25) is 0 Å². The Hall–Kier alpha value is -3.64. The number of hydrogen-bond donors (Lipinski definition) is 1. The van der Waals surface area contributed by atoms with Crippen molar-refractivity contribution in [3.8, 4) is 11.8 Å². The number of carbonyl (C=O) groups is 3. The van der Waals surface area contributed by atoms with Gasteiger partial charge in [-0.25, -0.2) is 9.59 Å². The summed E-state index contributed by atoms with van der Waals surface area (Å²) in [6.07, 6.45) is 1.41. The molecule has 0 spiro atoms. The molecule has 162 valence electrons. The lowest BCUT2D eigenvalue weighted by atomic mass is 10.1. The van der Waals surface area contributed by atoms with Gasteiger partial charge < -0.3 is 19.5 Å². The number of esters is 2. The highest BCUT2D eigenvalue weighted by atomic mass is 32.1. The fourth-order valence-electron chi connectivity index (χ4n) is 2.63. The summed E-state index contributed by atoms with van der Waals surface area (Å²) in [5.41, 5.74) is 0.844. The van der Waals surface area contributed by atoms with Crippen LogP contribution in [0.3, 0.4) is 0 Å². The summed E-state index contributed by atoms with van der Waals surface area (Å²) < 4.78 is 15.2. The van der Waals surface area contributed by atoms with E-state index in [0.29, 0.717) is 16.9 Å². The van der Waals surface area contributed by atoms with Gasteiger partial charge in [-0.3, -0.25) is 4.79 Å². The molecular formula is C22H22N2O6S. The zero-order valence-electron chi connectivity index (χ0n) is 17.6. The third-order valence-electron chi connectivity index (χ3n) is 4.11. The van der Waals surface area contributed by atoms with E-state index in [1.807, 2.05) is 6.07 Å². The van der Waals surface area contributed by atoms with Crippen molar-refractivity contribution in [2.24, 2.45) is 0 Å². The Bertz CT molecular complexity index is 1050. The van der Waals surface area contributed by atoms with Crippen LogP contribution in [0.5, 0.6) is 5.75 Å². The monoisotopic (exact) mass is 442 g/mol.